The Hall–Kier alpha value is -2.23. The summed E-state index contributed by atoms with van der Waals surface area (Å²) < 4.78 is 5.13. The van der Waals surface area contributed by atoms with Crippen LogP contribution in [0.2, 0.25) is 0 Å². The van der Waals surface area contributed by atoms with E-state index in [9.17, 15) is 19.5 Å². The molecule has 1 aromatic rings. The van der Waals surface area contributed by atoms with Gasteiger partial charge < -0.3 is 20.0 Å². The van der Waals surface area contributed by atoms with Crippen molar-refractivity contribution in [3.63, 3.8) is 0 Å². The summed E-state index contributed by atoms with van der Waals surface area (Å²) in [6, 6.07) is 5.34. The molecule has 1 atom stereocenters. The molecule has 1 rings (SSSR count). The smallest absolute Gasteiger partial charge is 0.548 e. The maximum atomic E-state index is 11.7. The fourth-order valence-corrected chi connectivity index (χ4v) is 1.81. The number of rotatable bonds is 6. The average Bonchev–Trinajstić information content (AvgIpc) is 2.46. The summed E-state index contributed by atoms with van der Waals surface area (Å²) in [5.41, 5.74) is 0.561. The first-order valence-electron chi connectivity index (χ1n) is 7.33. The maximum Gasteiger partial charge on any atom is 1.00 e. The first-order chi connectivity index (χ1) is 11.1. The van der Waals surface area contributed by atoms with E-state index in [1.54, 1.807) is 45.0 Å². The number of ether oxygens (including phenoxy) is 1. The Morgan fingerprint density at radius 1 is 1.24 bits per heavy atom. The van der Waals surface area contributed by atoms with Gasteiger partial charge in [-0.3, -0.25) is 10.1 Å². The summed E-state index contributed by atoms with van der Waals surface area (Å²) in [4.78, 5) is 33.9. The van der Waals surface area contributed by atoms with Gasteiger partial charge in [0.25, 0.3) is 0 Å². The third kappa shape index (κ3) is 8.99. The molecule has 0 aliphatic rings. The van der Waals surface area contributed by atoms with Gasteiger partial charge in [0.15, 0.2) is 0 Å². The van der Waals surface area contributed by atoms with Gasteiger partial charge in [0.2, 0.25) is 5.91 Å². The number of amides is 2. The number of hydrogen-bond donors (Lipinski definition) is 2. The van der Waals surface area contributed by atoms with Crippen LogP contribution in [-0.2, 0) is 20.7 Å². The third-order valence-electron chi connectivity index (χ3n) is 2.83. The van der Waals surface area contributed by atoms with Crippen molar-refractivity contribution in [3.05, 3.63) is 42.5 Å². The van der Waals surface area contributed by atoms with Crippen molar-refractivity contribution in [3.8, 4) is 0 Å². The van der Waals surface area contributed by atoms with Gasteiger partial charge in [0, 0.05) is 5.69 Å². The predicted molar refractivity (Wildman–Crippen MR) is 87.1 cm³/mol. The van der Waals surface area contributed by atoms with Crippen molar-refractivity contribution in [2.45, 2.75) is 38.8 Å². The summed E-state index contributed by atoms with van der Waals surface area (Å²) in [6.07, 6.45) is 0.458. The summed E-state index contributed by atoms with van der Waals surface area (Å²) in [5, 5.41) is 15.9. The number of carboxylic acid groups (broad SMARTS) is 1. The van der Waals surface area contributed by atoms with E-state index in [4.69, 9.17) is 4.74 Å². The predicted octanol–water partition coefficient (Wildman–Crippen LogP) is -2.00. The standard InChI is InChI=1S/C17H22N2O5.Li/c1-5-14(20)19-13(15(21)22)10-11-6-8-12(9-7-11)18-16(23)24-17(2,3)4;/h5-9,13H,1,10H2,2-4H3,(H,18,23)(H,19,20)(H,21,22);/q;+1/p-1/t13-;/m1./s1. The molecule has 0 unspecified atom stereocenters. The zero-order valence-electron chi connectivity index (χ0n) is 14.9. The molecule has 0 saturated heterocycles. The second kappa shape index (κ2) is 9.92. The molecule has 0 aliphatic heterocycles. The van der Waals surface area contributed by atoms with E-state index < -0.39 is 29.6 Å². The number of carbonyl (C=O) groups is 3. The monoisotopic (exact) mass is 340 g/mol. The Kier molecular flexibility index (Phi) is 9.03. The summed E-state index contributed by atoms with van der Waals surface area (Å²) in [6.45, 7) is 8.54. The van der Waals surface area contributed by atoms with Crippen LogP contribution in [0.4, 0.5) is 10.5 Å². The van der Waals surface area contributed by atoms with Gasteiger partial charge in [-0.1, -0.05) is 18.7 Å². The van der Waals surface area contributed by atoms with Gasteiger partial charge >= 0.3 is 25.0 Å². The van der Waals surface area contributed by atoms with Crippen LogP contribution in [-0.4, -0.2) is 29.6 Å². The van der Waals surface area contributed by atoms with E-state index in [1.165, 1.54) is 0 Å². The van der Waals surface area contributed by atoms with Crippen LogP contribution in [0.3, 0.4) is 0 Å². The second-order valence-corrected chi connectivity index (χ2v) is 6.11. The van der Waals surface area contributed by atoms with Crippen LogP contribution in [0.1, 0.15) is 26.3 Å². The fourth-order valence-electron chi connectivity index (χ4n) is 1.81. The number of hydrogen-bond acceptors (Lipinski definition) is 5. The Labute approximate surface area is 159 Å². The van der Waals surface area contributed by atoms with Crippen molar-refractivity contribution < 1.29 is 43.1 Å². The zero-order valence-corrected chi connectivity index (χ0v) is 14.9. The average molecular weight is 340 g/mol. The largest absolute Gasteiger partial charge is 1.00 e. The molecule has 0 radical (unpaired) electrons. The number of carbonyl (C=O) groups excluding carboxylic acids is 3. The first kappa shape index (κ1) is 22.8. The minimum absolute atomic E-state index is 0. The number of anilines is 1. The van der Waals surface area contributed by atoms with Crippen LogP contribution in [0, 0.1) is 0 Å². The van der Waals surface area contributed by atoms with Gasteiger partial charge in [0.1, 0.15) is 5.60 Å². The molecule has 130 valence electrons. The molecule has 2 N–H and O–H groups in total. The van der Waals surface area contributed by atoms with Crippen molar-refractivity contribution in [1.29, 1.82) is 0 Å². The number of benzene rings is 1. The van der Waals surface area contributed by atoms with E-state index in [0.29, 0.717) is 11.3 Å². The van der Waals surface area contributed by atoms with Gasteiger partial charge in [0.05, 0.1) is 12.0 Å². The summed E-state index contributed by atoms with van der Waals surface area (Å²) >= 11 is 0. The van der Waals surface area contributed by atoms with Crippen LogP contribution in [0.25, 0.3) is 0 Å². The van der Waals surface area contributed by atoms with Crippen molar-refractivity contribution in [1.82, 2.24) is 5.32 Å². The van der Waals surface area contributed by atoms with E-state index in [-0.39, 0.29) is 25.3 Å². The van der Waals surface area contributed by atoms with Crippen molar-refractivity contribution >= 4 is 23.7 Å². The molecule has 0 aromatic heterocycles. The van der Waals surface area contributed by atoms with Gasteiger partial charge in [-0.2, -0.15) is 0 Å². The van der Waals surface area contributed by atoms with Gasteiger partial charge in [-0.05, 0) is 51.0 Å². The Morgan fingerprint density at radius 2 is 1.80 bits per heavy atom. The third-order valence-corrected chi connectivity index (χ3v) is 2.83. The van der Waals surface area contributed by atoms with E-state index >= 15 is 0 Å². The minimum Gasteiger partial charge on any atom is -0.548 e. The molecule has 8 heteroatoms. The van der Waals surface area contributed by atoms with Crippen molar-refractivity contribution in [2.24, 2.45) is 0 Å². The van der Waals surface area contributed by atoms with Crippen LogP contribution in [0.5, 0.6) is 0 Å². The van der Waals surface area contributed by atoms with Crippen molar-refractivity contribution in [2.75, 3.05) is 5.32 Å². The molecule has 1 aromatic carbocycles. The van der Waals surface area contributed by atoms with Crippen LogP contribution in [0.15, 0.2) is 36.9 Å². The quantitative estimate of drug-likeness (QED) is 0.460. The number of carboxylic acids is 1. The Bertz CT molecular complexity index is 623. The maximum absolute atomic E-state index is 11.7. The molecule has 0 heterocycles. The van der Waals surface area contributed by atoms with Crippen LogP contribution < -0.4 is 34.6 Å². The number of aliphatic carboxylic acids is 1. The normalized spacial score (nSPS) is 11.5. The molecule has 0 bridgehead atoms. The van der Waals surface area contributed by atoms with E-state index in [1.807, 2.05) is 0 Å². The molecule has 7 nitrogen and oxygen atoms in total. The summed E-state index contributed by atoms with van der Waals surface area (Å²) in [5.74, 6) is -1.98. The topological polar surface area (TPSA) is 108 Å². The second-order valence-electron chi connectivity index (χ2n) is 6.11. The van der Waals surface area contributed by atoms with Crippen LogP contribution >= 0.6 is 0 Å². The Balaban J connectivity index is 0.00000576. The minimum atomic E-state index is -1.39. The van der Waals surface area contributed by atoms with Gasteiger partial charge in [-0.15, -0.1) is 0 Å². The summed E-state index contributed by atoms with van der Waals surface area (Å²) in [7, 11) is 0. The molecule has 2 amide bonds. The molecular weight excluding hydrogens is 319 g/mol. The molecule has 0 aliphatic carbocycles. The zero-order chi connectivity index (χ0) is 18.3. The molecular formula is C17H21LiN2O5. The molecule has 25 heavy (non-hydrogen) atoms. The SMILES string of the molecule is C=CC(=O)N[C@H](Cc1ccc(NC(=O)OC(C)(C)C)cc1)C(=O)[O-].[Li+]. The fraction of sp³-hybridized carbons (Fsp3) is 0.353. The first-order valence-corrected chi connectivity index (χ1v) is 7.33. The molecule has 0 spiro atoms. The van der Waals surface area contributed by atoms with Gasteiger partial charge in [-0.25, -0.2) is 4.79 Å². The number of nitrogens with one attached hydrogen (secondary N) is 2. The van der Waals surface area contributed by atoms with E-state index in [0.717, 1.165) is 6.08 Å². The Morgan fingerprint density at radius 3 is 2.24 bits per heavy atom. The molecule has 0 saturated carbocycles. The molecule has 0 fully saturated rings. The van der Waals surface area contributed by atoms with E-state index in [2.05, 4.69) is 17.2 Å².